The zero-order valence-corrected chi connectivity index (χ0v) is 13.9. The SMILES string of the molecule is CCNC(=NCc1nnc2ccccn12)NCC1CCN(C)C1. The minimum atomic E-state index is 0.505. The predicted molar refractivity (Wildman–Crippen MR) is 91.4 cm³/mol. The topological polar surface area (TPSA) is 69.8 Å². The predicted octanol–water partition coefficient (Wildman–Crippen LogP) is 0.736. The van der Waals surface area contributed by atoms with E-state index in [2.05, 4.69) is 44.7 Å². The average molecular weight is 315 g/mol. The lowest BCUT2D eigenvalue weighted by atomic mass is 10.1. The molecule has 124 valence electrons. The van der Waals surface area contributed by atoms with E-state index in [1.807, 2.05) is 28.8 Å². The highest BCUT2D eigenvalue weighted by atomic mass is 15.3. The van der Waals surface area contributed by atoms with Gasteiger partial charge in [-0.25, -0.2) is 4.99 Å². The van der Waals surface area contributed by atoms with E-state index >= 15 is 0 Å². The highest BCUT2D eigenvalue weighted by molar-refractivity contribution is 5.79. The summed E-state index contributed by atoms with van der Waals surface area (Å²) in [4.78, 5) is 7.02. The summed E-state index contributed by atoms with van der Waals surface area (Å²) in [7, 11) is 2.18. The molecule has 1 atom stereocenters. The van der Waals surface area contributed by atoms with Crippen molar-refractivity contribution in [1.29, 1.82) is 0 Å². The van der Waals surface area contributed by atoms with Gasteiger partial charge in [-0.15, -0.1) is 10.2 Å². The molecule has 0 bridgehead atoms. The Kier molecular flexibility index (Phi) is 5.07. The van der Waals surface area contributed by atoms with Crippen LogP contribution in [0.3, 0.4) is 0 Å². The first-order chi connectivity index (χ1) is 11.3. The van der Waals surface area contributed by atoms with Gasteiger partial charge in [0.05, 0.1) is 0 Å². The van der Waals surface area contributed by atoms with E-state index in [0.29, 0.717) is 12.5 Å². The molecule has 3 rings (SSSR count). The molecule has 1 aliphatic rings. The number of aromatic nitrogens is 3. The van der Waals surface area contributed by atoms with E-state index in [-0.39, 0.29) is 0 Å². The van der Waals surface area contributed by atoms with Crippen molar-refractivity contribution in [3.63, 3.8) is 0 Å². The van der Waals surface area contributed by atoms with Crippen LogP contribution in [-0.2, 0) is 6.54 Å². The zero-order chi connectivity index (χ0) is 16.1. The van der Waals surface area contributed by atoms with Crippen LogP contribution in [0.1, 0.15) is 19.2 Å². The standard InChI is InChI=1S/C16H25N7/c1-3-17-16(18-10-13-7-9-22(2)12-13)19-11-15-21-20-14-6-4-5-8-23(14)15/h4-6,8,13H,3,7,9-12H2,1-2H3,(H2,17,18,19). The lowest BCUT2D eigenvalue weighted by Crippen LogP contribution is -2.40. The summed E-state index contributed by atoms with van der Waals surface area (Å²) >= 11 is 0. The summed E-state index contributed by atoms with van der Waals surface area (Å²) in [5.74, 6) is 2.38. The number of hydrogen-bond acceptors (Lipinski definition) is 4. The van der Waals surface area contributed by atoms with Gasteiger partial charge >= 0.3 is 0 Å². The lowest BCUT2D eigenvalue weighted by molar-refractivity contribution is 0.394. The Hall–Kier alpha value is -2.15. The van der Waals surface area contributed by atoms with Crippen molar-refractivity contribution in [2.45, 2.75) is 19.9 Å². The highest BCUT2D eigenvalue weighted by Crippen LogP contribution is 2.12. The Labute approximate surface area is 136 Å². The number of likely N-dealkylation sites (tertiary alicyclic amines) is 1. The molecular formula is C16H25N7. The first kappa shape index (κ1) is 15.7. The van der Waals surface area contributed by atoms with Gasteiger partial charge in [0.2, 0.25) is 0 Å². The quantitative estimate of drug-likeness (QED) is 0.629. The Bertz CT molecular complexity index is 663. The summed E-state index contributed by atoms with van der Waals surface area (Å²) in [6, 6.07) is 5.88. The van der Waals surface area contributed by atoms with Gasteiger partial charge in [-0.1, -0.05) is 6.07 Å². The second kappa shape index (κ2) is 7.41. The van der Waals surface area contributed by atoms with E-state index < -0.39 is 0 Å². The Balaban J connectivity index is 1.62. The van der Waals surface area contributed by atoms with Gasteiger partial charge in [-0.2, -0.15) is 0 Å². The molecule has 0 spiro atoms. The first-order valence-corrected chi connectivity index (χ1v) is 8.25. The molecule has 0 radical (unpaired) electrons. The van der Waals surface area contributed by atoms with Gasteiger partial charge in [0.1, 0.15) is 6.54 Å². The van der Waals surface area contributed by atoms with Crippen molar-refractivity contribution in [3.8, 4) is 0 Å². The van der Waals surface area contributed by atoms with Crippen LogP contribution in [0.15, 0.2) is 29.4 Å². The van der Waals surface area contributed by atoms with E-state index in [1.54, 1.807) is 0 Å². The molecule has 1 aliphatic heterocycles. The van der Waals surface area contributed by atoms with E-state index in [1.165, 1.54) is 13.0 Å². The fraction of sp³-hybridized carbons (Fsp3) is 0.562. The molecule has 1 unspecified atom stereocenters. The molecule has 2 aromatic rings. The van der Waals surface area contributed by atoms with Crippen LogP contribution in [0, 0.1) is 5.92 Å². The van der Waals surface area contributed by atoms with Crippen LogP contribution in [0.5, 0.6) is 0 Å². The third-order valence-corrected chi connectivity index (χ3v) is 4.15. The molecule has 2 aromatic heterocycles. The third kappa shape index (κ3) is 3.98. The number of pyridine rings is 1. The van der Waals surface area contributed by atoms with Gasteiger partial charge in [-0.05, 0) is 45.0 Å². The van der Waals surface area contributed by atoms with Crippen LogP contribution in [-0.4, -0.2) is 58.7 Å². The number of rotatable bonds is 5. The molecule has 1 saturated heterocycles. The van der Waals surface area contributed by atoms with Crippen LogP contribution in [0.2, 0.25) is 0 Å². The summed E-state index contributed by atoms with van der Waals surface area (Å²) < 4.78 is 1.97. The Morgan fingerprint density at radius 2 is 2.26 bits per heavy atom. The Morgan fingerprint density at radius 3 is 3.04 bits per heavy atom. The zero-order valence-electron chi connectivity index (χ0n) is 13.9. The summed E-state index contributed by atoms with van der Waals surface area (Å²) in [6.07, 6.45) is 3.21. The molecule has 0 amide bonds. The molecule has 23 heavy (non-hydrogen) atoms. The summed E-state index contributed by atoms with van der Waals surface area (Å²) in [5, 5.41) is 15.1. The van der Waals surface area contributed by atoms with Gasteiger partial charge < -0.3 is 15.5 Å². The summed E-state index contributed by atoms with van der Waals surface area (Å²) in [6.45, 7) is 6.72. The number of fused-ring (bicyclic) bond motifs is 1. The van der Waals surface area contributed by atoms with E-state index in [4.69, 9.17) is 0 Å². The van der Waals surface area contributed by atoms with E-state index in [9.17, 15) is 0 Å². The van der Waals surface area contributed by atoms with Crippen molar-refractivity contribution in [1.82, 2.24) is 30.1 Å². The molecular weight excluding hydrogens is 290 g/mol. The van der Waals surface area contributed by atoms with Crippen molar-refractivity contribution >= 4 is 11.6 Å². The van der Waals surface area contributed by atoms with E-state index in [0.717, 1.165) is 37.1 Å². The Morgan fingerprint density at radius 1 is 1.35 bits per heavy atom. The maximum Gasteiger partial charge on any atom is 0.191 e. The van der Waals surface area contributed by atoms with Gasteiger partial charge in [0.15, 0.2) is 17.4 Å². The fourth-order valence-corrected chi connectivity index (χ4v) is 2.92. The molecule has 0 saturated carbocycles. The average Bonchev–Trinajstić information content (AvgIpc) is 3.16. The molecule has 1 fully saturated rings. The summed E-state index contributed by atoms with van der Waals surface area (Å²) in [5.41, 5.74) is 0.852. The number of hydrogen-bond donors (Lipinski definition) is 2. The monoisotopic (exact) mass is 315 g/mol. The second-order valence-corrected chi connectivity index (χ2v) is 6.04. The number of nitrogens with zero attached hydrogens (tertiary/aromatic N) is 5. The maximum atomic E-state index is 4.64. The van der Waals surface area contributed by atoms with Gasteiger partial charge in [-0.3, -0.25) is 4.40 Å². The van der Waals surface area contributed by atoms with Gasteiger partial charge in [0, 0.05) is 25.8 Å². The first-order valence-electron chi connectivity index (χ1n) is 8.25. The smallest absolute Gasteiger partial charge is 0.191 e. The second-order valence-electron chi connectivity index (χ2n) is 6.04. The van der Waals surface area contributed by atoms with Crippen LogP contribution in [0.4, 0.5) is 0 Å². The third-order valence-electron chi connectivity index (χ3n) is 4.15. The number of aliphatic imine (C=N–C) groups is 1. The molecule has 2 N–H and O–H groups in total. The fourth-order valence-electron chi connectivity index (χ4n) is 2.92. The van der Waals surface area contributed by atoms with Crippen molar-refractivity contribution in [3.05, 3.63) is 30.2 Å². The minimum Gasteiger partial charge on any atom is -0.357 e. The van der Waals surface area contributed by atoms with Crippen molar-refractivity contribution in [2.75, 3.05) is 33.2 Å². The van der Waals surface area contributed by atoms with Crippen molar-refractivity contribution in [2.24, 2.45) is 10.9 Å². The van der Waals surface area contributed by atoms with Gasteiger partial charge in [0.25, 0.3) is 0 Å². The highest BCUT2D eigenvalue weighted by Gasteiger charge is 2.19. The molecule has 7 heteroatoms. The molecule has 0 aliphatic carbocycles. The minimum absolute atomic E-state index is 0.505. The maximum absolute atomic E-state index is 4.64. The molecule has 3 heterocycles. The number of guanidine groups is 1. The van der Waals surface area contributed by atoms with Crippen molar-refractivity contribution < 1.29 is 0 Å². The van der Waals surface area contributed by atoms with Crippen LogP contribution >= 0.6 is 0 Å². The molecule has 7 nitrogen and oxygen atoms in total. The lowest BCUT2D eigenvalue weighted by Gasteiger charge is -2.15. The molecule has 0 aromatic carbocycles. The van der Waals surface area contributed by atoms with Crippen LogP contribution < -0.4 is 10.6 Å². The number of nitrogens with one attached hydrogen (secondary N) is 2. The largest absolute Gasteiger partial charge is 0.357 e. The normalized spacial score (nSPS) is 19.4. The van der Waals surface area contributed by atoms with Crippen LogP contribution in [0.25, 0.3) is 5.65 Å².